The summed E-state index contributed by atoms with van der Waals surface area (Å²) in [5, 5.41) is 19.2. The van der Waals surface area contributed by atoms with E-state index in [1.54, 1.807) is 11.3 Å². The predicted octanol–water partition coefficient (Wildman–Crippen LogP) is 4.77. The first-order chi connectivity index (χ1) is 13.3. The van der Waals surface area contributed by atoms with E-state index in [-0.39, 0.29) is 6.04 Å². The summed E-state index contributed by atoms with van der Waals surface area (Å²) in [7, 11) is 0. The monoisotopic (exact) mass is 375 g/mol. The van der Waals surface area contributed by atoms with Gasteiger partial charge in [0.2, 0.25) is 0 Å². The van der Waals surface area contributed by atoms with Crippen LogP contribution < -0.4 is 5.32 Å². The molecule has 0 bridgehead atoms. The molecule has 1 atom stereocenters. The number of hydrogen-bond acceptors (Lipinski definition) is 5. The minimum atomic E-state index is 0.179. The summed E-state index contributed by atoms with van der Waals surface area (Å²) in [5.74, 6) is 2.36. The van der Waals surface area contributed by atoms with Crippen molar-refractivity contribution in [2.24, 2.45) is 0 Å². The van der Waals surface area contributed by atoms with Gasteiger partial charge in [-0.15, -0.1) is 26.6 Å². The maximum atomic E-state index is 4.80. The summed E-state index contributed by atoms with van der Waals surface area (Å²) in [6.07, 6.45) is 3.29. The van der Waals surface area contributed by atoms with Crippen molar-refractivity contribution in [1.82, 2.24) is 19.8 Å². The minimum Gasteiger partial charge on any atom is -0.361 e. The first-order valence-electron chi connectivity index (χ1n) is 9.35. The highest BCUT2D eigenvalue weighted by Crippen LogP contribution is 2.39. The number of nitrogens with zero attached hydrogens (tertiary/aromatic N) is 4. The van der Waals surface area contributed by atoms with Gasteiger partial charge in [-0.2, -0.15) is 4.52 Å². The number of benzene rings is 1. The fourth-order valence-corrected chi connectivity index (χ4v) is 4.44. The maximum Gasteiger partial charge on any atom is 0.178 e. The Hall–Kier alpha value is -2.73. The van der Waals surface area contributed by atoms with E-state index in [2.05, 4.69) is 64.2 Å². The highest BCUT2D eigenvalue weighted by molar-refractivity contribution is 7.10. The number of anilines is 1. The van der Waals surface area contributed by atoms with E-state index >= 15 is 0 Å². The minimum absolute atomic E-state index is 0.179. The van der Waals surface area contributed by atoms with Crippen LogP contribution in [0.5, 0.6) is 0 Å². The lowest BCUT2D eigenvalue weighted by Gasteiger charge is -2.19. The van der Waals surface area contributed by atoms with Crippen LogP contribution in [0.25, 0.3) is 5.65 Å². The smallest absolute Gasteiger partial charge is 0.178 e. The van der Waals surface area contributed by atoms with E-state index in [0.29, 0.717) is 5.92 Å². The van der Waals surface area contributed by atoms with Gasteiger partial charge in [0.05, 0.1) is 6.04 Å². The second kappa shape index (κ2) is 6.78. The molecule has 0 spiro atoms. The number of fused-ring (bicyclic) bond motifs is 1. The van der Waals surface area contributed by atoms with Crippen molar-refractivity contribution in [2.45, 2.75) is 38.1 Å². The standard InChI is InChI=1S/C21H21N5S/c1-14-11-12-27-20(14)17(13-15-5-3-2-4-6-15)22-18-9-10-19-23-24-21(16-7-8-16)26(19)25-18/h2-6,9-12,16-17H,7-8,13H2,1H3,(H,22,25). The number of aromatic nitrogens is 4. The number of thiophene rings is 1. The van der Waals surface area contributed by atoms with E-state index in [4.69, 9.17) is 5.10 Å². The lowest BCUT2D eigenvalue weighted by molar-refractivity contribution is 0.759. The molecule has 3 heterocycles. The highest BCUT2D eigenvalue weighted by atomic mass is 32.1. The van der Waals surface area contributed by atoms with Crippen LogP contribution in [0, 0.1) is 6.92 Å². The van der Waals surface area contributed by atoms with Crippen LogP contribution in [-0.2, 0) is 6.42 Å². The predicted molar refractivity (Wildman–Crippen MR) is 108 cm³/mol. The van der Waals surface area contributed by atoms with Crippen molar-refractivity contribution >= 4 is 22.8 Å². The second-order valence-corrected chi connectivity index (χ2v) is 8.12. The van der Waals surface area contributed by atoms with Crippen molar-refractivity contribution in [1.29, 1.82) is 0 Å². The quantitative estimate of drug-likeness (QED) is 0.527. The molecule has 4 aromatic rings. The Balaban J connectivity index is 1.48. The van der Waals surface area contributed by atoms with Gasteiger partial charge >= 0.3 is 0 Å². The molecule has 6 heteroatoms. The molecule has 0 saturated heterocycles. The van der Waals surface area contributed by atoms with Crippen molar-refractivity contribution in [3.8, 4) is 0 Å². The van der Waals surface area contributed by atoms with E-state index in [9.17, 15) is 0 Å². The van der Waals surface area contributed by atoms with Gasteiger partial charge in [0.25, 0.3) is 0 Å². The molecule has 136 valence electrons. The van der Waals surface area contributed by atoms with Crippen molar-refractivity contribution in [2.75, 3.05) is 5.32 Å². The molecule has 1 aliphatic carbocycles. The zero-order chi connectivity index (χ0) is 18.2. The summed E-state index contributed by atoms with van der Waals surface area (Å²) >= 11 is 1.80. The van der Waals surface area contributed by atoms with Gasteiger partial charge in [0.1, 0.15) is 5.82 Å². The third kappa shape index (κ3) is 3.32. The molecule has 0 radical (unpaired) electrons. The number of rotatable bonds is 6. The van der Waals surface area contributed by atoms with Crippen LogP contribution in [0.15, 0.2) is 53.9 Å². The van der Waals surface area contributed by atoms with Crippen molar-refractivity contribution < 1.29 is 0 Å². The van der Waals surface area contributed by atoms with Crippen LogP contribution in [0.1, 0.15) is 46.6 Å². The summed E-state index contributed by atoms with van der Waals surface area (Å²) in [4.78, 5) is 1.35. The molecule has 1 aromatic carbocycles. The van der Waals surface area contributed by atoms with Crippen LogP contribution >= 0.6 is 11.3 Å². The summed E-state index contributed by atoms with van der Waals surface area (Å²) in [5.41, 5.74) is 3.44. The van der Waals surface area contributed by atoms with Gasteiger partial charge < -0.3 is 5.32 Å². The van der Waals surface area contributed by atoms with Gasteiger partial charge in [0.15, 0.2) is 11.5 Å². The van der Waals surface area contributed by atoms with Gasteiger partial charge in [-0.1, -0.05) is 30.3 Å². The zero-order valence-corrected chi connectivity index (χ0v) is 16.0. The average Bonchev–Trinajstić information content (AvgIpc) is 3.30. The molecule has 5 rings (SSSR count). The molecule has 0 amide bonds. The SMILES string of the molecule is Cc1ccsc1C(Cc1ccccc1)Nc1ccc2nnc(C3CC3)n2n1. The fraction of sp³-hybridized carbons (Fsp3) is 0.286. The van der Waals surface area contributed by atoms with E-state index < -0.39 is 0 Å². The number of nitrogens with one attached hydrogen (secondary N) is 1. The normalized spacial score (nSPS) is 15.1. The van der Waals surface area contributed by atoms with Crippen LogP contribution in [0.3, 0.4) is 0 Å². The molecule has 27 heavy (non-hydrogen) atoms. The Labute approximate surface area is 162 Å². The van der Waals surface area contributed by atoms with Crippen LogP contribution in [0.4, 0.5) is 5.82 Å². The van der Waals surface area contributed by atoms with Gasteiger partial charge in [-0.05, 0) is 60.9 Å². The summed E-state index contributed by atoms with van der Waals surface area (Å²) < 4.78 is 1.90. The van der Waals surface area contributed by atoms with Crippen LogP contribution in [0.2, 0.25) is 0 Å². The van der Waals surface area contributed by atoms with Crippen LogP contribution in [-0.4, -0.2) is 19.8 Å². The first-order valence-corrected chi connectivity index (χ1v) is 10.2. The molecule has 1 aliphatic rings. The Bertz CT molecular complexity index is 1060. The molecule has 0 aliphatic heterocycles. The first kappa shape index (κ1) is 16.4. The average molecular weight is 376 g/mol. The summed E-state index contributed by atoms with van der Waals surface area (Å²) in [6, 6.07) is 17.0. The molecular formula is C21H21N5S. The molecule has 1 N–H and O–H groups in total. The Morgan fingerprint density at radius 1 is 1.11 bits per heavy atom. The Morgan fingerprint density at radius 2 is 1.96 bits per heavy atom. The topological polar surface area (TPSA) is 55.1 Å². The lowest BCUT2D eigenvalue weighted by Crippen LogP contribution is -2.15. The molecule has 1 fully saturated rings. The van der Waals surface area contributed by atoms with E-state index in [1.807, 2.05) is 16.6 Å². The lowest BCUT2D eigenvalue weighted by atomic mass is 10.0. The van der Waals surface area contributed by atoms with Gasteiger partial charge in [-0.25, -0.2) is 0 Å². The maximum absolute atomic E-state index is 4.80. The molecule has 3 aromatic heterocycles. The number of hydrogen-bond donors (Lipinski definition) is 1. The third-order valence-electron chi connectivity index (χ3n) is 5.05. The summed E-state index contributed by atoms with van der Waals surface area (Å²) in [6.45, 7) is 2.17. The third-order valence-corrected chi connectivity index (χ3v) is 6.18. The Kier molecular flexibility index (Phi) is 4.13. The van der Waals surface area contributed by atoms with Crippen molar-refractivity contribution in [3.05, 3.63) is 75.7 Å². The largest absolute Gasteiger partial charge is 0.361 e. The van der Waals surface area contributed by atoms with E-state index in [0.717, 1.165) is 23.7 Å². The molecule has 1 unspecified atom stereocenters. The van der Waals surface area contributed by atoms with Crippen molar-refractivity contribution in [3.63, 3.8) is 0 Å². The highest BCUT2D eigenvalue weighted by Gasteiger charge is 2.29. The molecular weight excluding hydrogens is 354 g/mol. The fourth-order valence-electron chi connectivity index (χ4n) is 3.46. The second-order valence-electron chi connectivity index (χ2n) is 7.18. The molecule has 5 nitrogen and oxygen atoms in total. The van der Waals surface area contributed by atoms with E-state index in [1.165, 1.54) is 28.8 Å². The zero-order valence-electron chi connectivity index (χ0n) is 15.2. The number of aryl methyl sites for hydroxylation is 1. The molecule has 1 saturated carbocycles. The van der Waals surface area contributed by atoms with Gasteiger partial charge in [0, 0.05) is 10.8 Å². The Morgan fingerprint density at radius 3 is 2.70 bits per heavy atom. The van der Waals surface area contributed by atoms with Gasteiger partial charge in [-0.3, -0.25) is 0 Å².